The zero-order valence-corrected chi connectivity index (χ0v) is 34.1. The van der Waals surface area contributed by atoms with Crippen molar-refractivity contribution < 1.29 is 50.9 Å². The Morgan fingerprint density at radius 3 is 0.683 bits per heavy atom. The maximum absolute atomic E-state index is 7.93. The Balaban J connectivity index is 0. The summed E-state index contributed by atoms with van der Waals surface area (Å²) in [6, 6.07) is 0. The van der Waals surface area contributed by atoms with Gasteiger partial charge >= 0.3 is 166 Å². The summed E-state index contributed by atoms with van der Waals surface area (Å²) in [5, 5.41) is 0. The van der Waals surface area contributed by atoms with E-state index in [4.69, 9.17) is 127 Å². The largest absolute Gasteiger partial charge is 1.00 e. The minimum absolute atomic E-state index is 0. The van der Waals surface area contributed by atoms with Crippen molar-refractivity contribution in [3.8, 4) is 0 Å². The predicted molar refractivity (Wildman–Crippen MR) is 166 cm³/mol. The molecule has 0 atom stereocenters. The number of imidazole rings is 4. The molecule has 4 aromatic heterocycles. The maximum atomic E-state index is 7.93. The molecular formula is C19H27Br2Cl11N8Si. The van der Waals surface area contributed by atoms with E-state index in [1.165, 1.54) is 0 Å². The van der Waals surface area contributed by atoms with Gasteiger partial charge in [-0.2, -0.15) is 0 Å². The molecule has 0 amide bonds. The number of alkyl halides is 9. The maximum Gasteiger partial charge on any atom is -1.00 e. The van der Waals surface area contributed by atoms with Crippen molar-refractivity contribution in [2.45, 2.75) is 12.9 Å². The van der Waals surface area contributed by atoms with E-state index in [2.05, 4.69) is 0 Å². The van der Waals surface area contributed by atoms with Crippen LogP contribution in [-0.4, -0.2) is 37.0 Å². The molecule has 0 spiro atoms. The Kier molecular flexibility index (Phi) is 19.2. The van der Waals surface area contributed by atoms with Crippen LogP contribution in [0.5, 0.6) is 0 Å². The van der Waals surface area contributed by atoms with Crippen LogP contribution in [0.1, 0.15) is 0 Å². The second-order valence-corrected chi connectivity index (χ2v) is 24.5. The smallest absolute Gasteiger partial charge is 1.00 e. The molecule has 0 radical (unpaired) electrons. The van der Waals surface area contributed by atoms with Crippen LogP contribution in [0.3, 0.4) is 0 Å². The van der Waals surface area contributed by atoms with E-state index in [1.807, 2.05) is 138 Å². The number of halogens is 13. The molecule has 22 heteroatoms. The number of aryl methyl sites for hydroxylation is 4. The van der Waals surface area contributed by atoms with Crippen LogP contribution in [0.15, 0.2) is 74.9 Å². The molecular weight excluding hydrogens is 918 g/mol. The number of hydrogen-bond acceptors (Lipinski definition) is 0. The van der Waals surface area contributed by atoms with Crippen LogP contribution < -0.4 is 50.9 Å². The minimum atomic E-state index is -5.28. The Hall–Kier alpha value is 1.21. The summed E-state index contributed by atoms with van der Waals surface area (Å²) in [7, 11) is 7.78. The number of nitrogens with zero attached hydrogens (tertiary/aromatic N) is 8. The van der Waals surface area contributed by atoms with Gasteiger partial charge in [0.2, 0.25) is 0 Å². The van der Waals surface area contributed by atoms with E-state index >= 15 is 0 Å². The Morgan fingerprint density at radius 2 is 0.585 bits per heavy atom. The van der Waals surface area contributed by atoms with Crippen molar-refractivity contribution in [1.29, 1.82) is 0 Å². The van der Waals surface area contributed by atoms with Crippen molar-refractivity contribution in [2.75, 3.05) is 0 Å². The molecule has 4 rings (SSSR count). The van der Waals surface area contributed by atoms with Gasteiger partial charge < -0.3 is 34.0 Å². The van der Waals surface area contributed by atoms with Crippen molar-refractivity contribution in [3.05, 3.63) is 74.9 Å². The van der Waals surface area contributed by atoms with Gasteiger partial charge in [-0.3, -0.25) is 0 Å². The van der Waals surface area contributed by atoms with E-state index < -0.39 is 18.8 Å². The van der Waals surface area contributed by atoms with Gasteiger partial charge in [0.05, 0.1) is 0 Å². The molecule has 4 heterocycles. The summed E-state index contributed by atoms with van der Waals surface area (Å²) >= 11 is 59.1. The molecule has 0 N–H and O–H groups in total. The molecule has 41 heavy (non-hydrogen) atoms. The predicted octanol–water partition coefficient (Wildman–Crippen LogP) is -0.535. The summed E-state index contributed by atoms with van der Waals surface area (Å²) in [6.45, 7) is 0. The van der Waals surface area contributed by atoms with Gasteiger partial charge in [-0.1, -0.05) is 104 Å². The van der Waals surface area contributed by atoms with E-state index in [1.54, 1.807) is 0 Å². The van der Waals surface area contributed by atoms with E-state index in [-0.39, 0.29) is 34.0 Å². The molecule has 0 aliphatic rings. The second-order valence-electron chi connectivity index (χ2n) is 8.04. The average Bonchev–Trinajstić information content (AvgIpc) is 3.56. The first-order valence-corrected chi connectivity index (χ1v) is 19.2. The molecule has 8 nitrogen and oxygen atoms in total. The number of hydrogen-bond donors (Lipinski definition) is 0. The average molecular weight is 945 g/mol. The third-order valence-electron chi connectivity index (χ3n) is 5.24. The molecule has 0 aliphatic heterocycles. The molecule has 0 aliphatic carbocycles. The molecule has 0 fully saturated rings. The summed E-state index contributed by atoms with van der Waals surface area (Å²) in [4.78, 5) is 0. The minimum Gasteiger partial charge on any atom is -1.00 e. The number of rotatable bonds is 4. The van der Waals surface area contributed by atoms with Crippen molar-refractivity contribution >= 4 is 132 Å². The van der Waals surface area contributed by atoms with Gasteiger partial charge in [0.1, 0.15) is 0 Å². The quantitative estimate of drug-likeness (QED) is 0.150. The van der Waals surface area contributed by atoms with Gasteiger partial charge in [0.15, 0.2) is 12.9 Å². The van der Waals surface area contributed by atoms with Crippen molar-refractivity contribution in [1.82, 2.24) is 18.3 Å². The van der Waals surface area contributed by atoms with Crippen LogP contribution in [0.25, 0.3) is 0 Å². The Bertz CT molecular complexity index is 1130. The monoisotopic (exact) mass is 938 g/mol. The fourth-order valence-electron chi connectivity index (χ4n) is 3.71. The third-order valence-corrected chi connectivity index (χ3v) is 15.3. The SMILES string of the molecule is ClC(Cl)Cl.ClC(Cl)Cl.ClC(Cl)Cl.Cn1cc[n+]([Si-2](Cl)(Cl)([n+]2ccn(C)c2)([n+]2ccn(C)c2)[n+]2ccn(C)c2)c1.[Br-].[Br-]. The molecule has 0 saturated carbocycles. The van der Waals surface area contributed by atoms with Crippen molar-refractivity contribution in [3.63, 3.8) is 0 Å². The van der Waals surface area contributed by atoms with Gasteiger partial charge in [0, 0.05) is 0 Å². The molecule has 0 bridgehead atoms. The van der Waals surface area contributed by atoms with Crippen LogP contribution in [0.4, 0.5) is 0 Å². The zero-order valence-electron chi connectivity index (χ0n) is 21.7. The van der Waals surface area contributed by atoms with Gasteiger partial charge in [-0.15, -0.1) is 0 Å². The van der Waals surface area contributed by atoms with Crippen molar-refractivity contribution in [2.24, 2.45) is 28.2 Å². The van der Waals surface area contributed by atoms with E-state index in [0.29, 0.717) is 0 Å². The zero-order chi connectivity index (χ0) is 30.2. The molecule has 0 unspecified atom stereocenters. The molecule has 0 aromatic carbocycles. The van der Waals surface area contributed by atoms with Crippen LogP contribution >= 0.6 is 127 Å². The standard InChI is InChI=1S/C16H24Cl2N8Si.3CHCl3.2BrH/c1-19-5-9-23(13-19)27(17,18,24-10-6-20(2)14-24,25-11-7-21(3)15-25)26-12-8-22(4)16-26;3*2-1(3)4;;/h5-16H,1-4H3;3*1H;2*1H/q+2;;;;;/p-2. The normalized spacial score (nSPS) is 12.4. The van der Waals surface area contributed by atoms with Crippen LogP contribution in [-0.2, 0) is 28.2 Å². The first-order valence-electron chi connectivity index (χ1n) is 10.5. The molecule has 4 aromatic rings. The molecule has 238 valence electrons. The Morgan fingerprint density at radius 1 is 0.439 bits per heavy atom. The van der Waals surface area contributed by atoms with E-state index in [0.717, 1.165) is 0 Å². The second kappa shape index (κ2) is 17.8. The first kappa shape index (κ1) is 44.3. The van der Waals surface area contributed by atoms with Gasteiger partial charge in [-0.05, 0) is 0 Å². The van der Waals surface area contributed by atoms with Gasteiger partial charge in [0.25, 0.3) is 0 Å². The summed E-state index contributed by atoms with van der Waals surface area (Å²) < 4.78 is 13.1. The summed E-state index contributed by atoms with van der Waals surface area (Å²) in [6.07, 6.45) is 23.0. The summed E-state index contributed by atoms with van der Waals surface area (Å²) in [5.74, 6) is -5.28. The third kappa shape index (κ3) is 10.6. The Labute approximate surface area is 314 Å². The molecule has 0 saturated heterocycles. The van der Waals surface area contributed by atoms with Crippen LogP contribution in [0, 0.1) is 0 Å². The first-order chi connectivity index (χ1) is 17.8. The van der Waals surface area contributed by atoms with Gasteiger partial charge in [-0.25, -0.2) is 0 Å². The van der Waals surface area contributed by atoms with Crippen LogP contribution in [0.2, 0.25) is 0 Å². The number of aromatic nitrogens is 8. The fraction of sp³-hybridized carbons (Fsp3) is 0.368. The van der Waals surface area contributed by atoms with E-state index in [9.17, 15) is 0 Å². The summed E-state index contributed by atoms with van der Waals surface area (Å²) in [5.41, 5.74) is 0. The topological polar surface area (TPSA) is 35.2 Å². The fourth-order valence-corrected chi connectivity index (χ4v) is 10.9.